The lowest BCUT2D eigenvalue weighted by Crippen LogP contribution is -2.53. The predicted molar refractivity (Wildman–Crippen MR) is 102 cm³/mol. The van der Waals surface area contributed by atoms with Gasteiger partial charge in [-0.25, -0.2) is 4.79 Å². The van der Waals surface area contributed by atoms with E-state index in [1.54, 1.807) is 4.90 Å². The normalized spacial score (nSPS) is 25.5. The first kappa shape index (κ1) is 19.7. The summed E-state index contributed by atoms with van der Waals surface area (Å²) >= 11 is 0. The summed E-state index contributed by atoms with van der Waals surface area (Å²) in [6.07, 6.45) is 1.23. The maximum atomic E-state index is 12.7. The van der Waals surface area contributed by atoms with Crippen LogP contribution < -0.4 is 5.32 Å². The lowest BCUT2D eigenvalue weighted by Gasteiger charge is -2.41. The zero-order valence-electron chi connectivity index (χ0n) is 16.5. The highest BCUT2D eigenvalue weighted by molar-refractivity contribution is 5.86. The van der Waals surface area contributed by atoms with Crippen molar-refractivity contribution in [1.82, 2.24) is 10.2 Å². The highest BCUT2D eigenvalue weighted by Gasteiger charge is 2.53. The Hall–Kier alpha value is -2.08. The second-order valence-corrected chi connectivity index (χ2v) is 8.57. The fourth-order valence-electron chi connectivity index (χ4n) is 3.97. The summed E-state index contributed by atoms with van der Waals surface area (Å²) in [6, 6.07) is 10.0. The van der Waals surface area contributed by atoms with Crippen LogP contribution >= 0.6 is 0 Å². The van der Waals surface area contributed by atoms with Crippen molar-refractivity contribution in [2.45, 2.75) is 45.8 Å². The lowest BCUT2D eigenvalue weighted by molar-refractivity contribution is -0.133. The maximum Gasteiger partial charge on any atom is 0.410 e. The molecule has 1 aromatic carbocycles. The van der Waals surface area contributed by atoms with Gasteiger partial charge in [0.05, 0.1) is 18.6 Å². The van der Waals surface area contributed by atoms with E-state index < -0.39 is 11.0 Å². The molecule has 2 heterocycles. The predicted octanol–water partition coefficient (Wildman–Crippen LogP) is 2.97. The molecule has 1 aromatic rings. The Morgan fingerprint density at radius 2 is 2.04 bits per heavy atom. The van der Waals surface area contributed by atoms with Gasteiger partial charge < -0.3 is 19.7 Å². The average Bonchev–Trinajstić information content (AvgIpc) is 2.90. The number of piperidine rings is 1. The Labute approximate surface area is 161 Å². The lowest BCUT2D eigenvalue weighted by atomic mass is 9.72. The van der Waals surface area contributed by atoms with E-state index >= 15 is 0 Å². The van der Waals surface area contributed by atoms with Crippen molar-refractivity contribution in [3.05, 3.63) is 35.9 Å². The van der Waals surface area contributed by atoms with E-state index in [2.05, 4.69) is 5.32 Å². The number of nitrogens with one attached hydrogen (secondary N) is 1. The molecule has 1 N–H and O–H groups in total. The molecular weight excluding hydrogens is 344 g/mol. The van der Waals surface area contributed by atoms with Gasteiger partial charge in [0.1, 0.15) is 5.60 Å². The van der Waals surface area contributed by atoms with Crippen LogP contribution in [0.3, 0.4) is 0 Å². The molecule has 1 spiro atoms. The first-order valence-electron chi connectivity index (χ1n) is 9.68. The largest absolute Gasteiger partial charge is 0.444 e. The van der Waals surface area contributed by atoms with Crippen molar-refractivity contribution in [2.75, 3.05) is 26.2 Å². The van der Waals surface area contributed by atoms with Crippen LogP contribution in [0.5, 0.6) is 0 Å². The Balaban J connectivity index is 1.64. The van der Waals surface area contributed by atoms with Gasteiger partial charge in [-0.2, -0.15) is 0 Å². The van der Waals surface area contributed by atoms with Gasteiger partial charge >= 0.3 is 6.09 Å². The molecule has 0 aliphatic carbocycles. The number of likely N-dealkylation sites (tertiary alicyclic amines) is 1. The molecule has 2 saturated heterocycles. The van der Waals surface area contributed by atoms with Gasteiger partial charge in [0.2, 0.25) is 5.91 Å². The number of ether oxygens (including phenoxy) is 2. The summed E-state index contributed by atoms with van der Waals surface area (Å²) in [6.45, 7) is 8.20. The van der Waals surface area contributed by atoms with E-state index in [-0.39, 0.29) is 17.9 Å². The average molecular weight is 374 g/mol. The van der Waals surface area contributed by atoms with Crippen LogP contribution in [0.15, 0.2) is 30.3 Å². The van der Waals surface area contributed by atoms with Crippen molar-refractivity contribution in [3.63, 3.8) is 0 Å². The summed E-state index contributed by atoms with van der Waals surface area (Å²) in [5, 5.41) is 2.99. The van der Waals surface area contributed by atoms with Crippen LogP contribution in [0.1, 0.15) is 39.2 Å². The number of amides is 2. The minimum Gasteiger partial charge on any atom is -0.444 e. The third-order valence-electron chi connectivity index (χ3n) is 5.35. The van der Waals surface area contributed by atoms with Gasteiger partial charge in [-0.1, -0.05) is 30.3 Å². The Morgan fingerprint density at radius 1 is 1.30 bits per heavy atom. The number of carbonyl (C=O) groups excluding carboxylic acids is 2. The van der Waals surface area contributed by atoms with Crippen LogP contribution in [0.4, 0.5) is 4.79 Å². The maximum absolute atomic E-state index is 12.7. The summed E-state index contributed by atoms with van der Waals surface area (Å²) in [7, 11) is 0. The molecule has 2 unspecified atom stereocenters. The summed E-state index contributed by atoms with van der Waals surface area (Å²) in [4.78, 5) is 26.9. The Bertz CT molecular complexity index is 671. The first-order valence-corrected chi connectivity index (χ1v) is 9.68. The number of hydrogen-bond acceptors (Lipinski definition) is 4. The molecule has 3 rings (SSSR count). The van der Waals surface area contributed by atoms with Crippen LogP contribution in [-0.2, 0) is 20.9 Å². The number of hydrogen-bond donors (Lipinski definition) is 1. The second kappa shape index (κ2) is 7.89. The third-order valence-corrected chi connectivity index (χ3v) is 5.35. The number of carbonyl (C=O) groups is 2. The zero-order chi connectivity index (χ0) is 19.5. The molecule has 6 nitrogen and oxygen atoms in total. The Morgan fingerprint density at radius 3 is 2.74 bits per heavy atom. The van der Waals surface area contributed by atoms with E-state index in [0.29, 0.717) is 32.8 Å². The Kier molecular flexibility index (Phi) is 5.75. The van der Waals surface area contributed by atoms with E-state index in [1.807, 2.05) is 51.1 Å². The third kappa shape index (κ3) is 4.61. The molecule has 6 heteroatoms. The van der Waals surface area contributed by atoms with E-state index in [0.717, 1.165) is 18.4 Å². The fraction of sp³-hybridized carbons (Fsp3) is 0.619. The fourth-order valence-corrected chi connectivity index (χ4v) is 3.97. The van der Waals surface area contributed by atoms with Crippen LogP contribution in [0, 0.1) is 11.3 Å². The van der Waals surface area contributed by atoms with Crippen molar-refractivity contribution in [1.29, 1.82) is 0 Å². The quantitative estimate of drug-likeness (QED) is 0.880. The molecule has 2 atom stereocenters. The first-order chi connectivity index (χ1) is 12.8. The highest BCUT2D eigenvalue weighted by Crippen LogP contribution is 2.41. The second-order valence-electron chi connectivity index (χ2n) is 8.57. The molecule has 2 aliphatic heterocycles. The molecule has 0 radical (unpaired) electrons. The van der Waals surface area contributed by atoms with Crippen LogP contribution in [0.25, 0.3) is 0 Å². The van der Waals surface area contributed by atoms with E-state index in [9.17, 15) is 9.59 Å². The monoisotopic (exact) mass is 374 g/mol. The smallest absolute Gasteiger partial charge is 0.410 e. The van der Waals surface area contributed by atoms with Crippen LogP contribution in [0.2, 0.25) is 0 Å². The molecular formula is C21H30N2O4. The van der Waals surface area contributed by atoms with Gasteiger partial charge in [-0.3, -0.25) is 4.79 Å². The molecule has 0 saturated carbocycles. The van der Waals surface area contributed by atoms with Gasteiger partial charge in [0.25, 0.3) is 0 Å². The number of rotatable bonds is 4. The minimum absolute atomic E-state index is 0.0315. The highest BCUT2D eigenvalue weighted by atomic mass is 16.6. The van der Waals surface area contributed by atoms with Crippen LogP contribution in [-0.4, -0.2) is 48.7 Å². The molecule has 2 aliphatic rings. The SMILES string of the molecule is CC(C)(C)OC(=O)N1CCCC2(C1)C(=O)NCC2COCc1ccccc1. The summed E-state index contributed by atoms with van der Waals surface area (Å²) < 4.78 is 11.4. The van der Waals surface area contributed by atoms with Crippen molar-refractivity contribution < 1.29 is 19.1 Å². The zero-order valence-corrected chi connectivity index (χ0v) is 16.5. The standard InChI is InChI=1S/C21H30N2O4/c1-20(2,3)27-19(25)23-11-7-10-21(15-23)17(12-22-18(21)24)14-26-13-16-8-5-4-6-9-16/h4-6,8-9,17H,7,10-15H2,1-3H3,(H,22,24). The molecule has 2 amide bonds. The minimum atomic E-state index is -0.578. The van der Waals surface area contributed by atoms with E-state index in [1.165, 1.54) is 0 Å². The van der Waals surface area contributed by atoms with Crippen molar-refractivity contribution in [2.24, 2.45) is 11.3 Å². The summed E-state index contributed by atoms with van der Waals surface area (Å²) in [5.41, 5.74) is -0.00760. The van der Waals surface area contributed by atoms with Gasteiger partial charge in [0, 0.05) is 25.6 Å². The number of nitrogens with zero attached hydrogens (tertiary/aromatic N) is 1. The van der Waals surface area contributed by atoms with Gasteiger partial charge in [-0.05, 0) is 39.2 Å². The van der Waals surface area contributed by atoms with Crippen molar-refractivity contribution in [3.8, 4) is 0 Å². The molecule has 2 fully saturated rings. The molecule has 148 valence electrons. The molecule has 0 aromatic heterocycles. The van der Waals surface area contributed by atoms with Gasteiger partial charge in [0.15, 0.2) is 0 Å². The number of benzene rings is 1. The topological polar surface area (TPSA) is 67.9 Å². The van der Waals surface area contributed by atoms with Gasteiger partial charge in [-0.15, -0.1) is 0 Å². The summed E-state index contributed by atoms with van der Waals surface area (Å²) in [5.74, 6) is 0.0861. The molecule has 0 bridgehead atoms. The van der Waals surface area contributed by atoms with E-state index in [4.69, 9.17) is 9.47 Å². The molecule has 27 heavy (non-hydrogen) atoms. The van der Waals surface area contributed by atoms with Crippen molar-refractivity contribution >= 4 is 12.0 Å².